The average Bonchev–Trinajstić information content (AvgIpc) is 3.21. The van der Waals surface area contributed by atoms with Crippen molar-refractivity contribution in [3.8, 4) is 0 Å². The Labute approximate surface area is 150 Å². The summed E-state index contributed by atoms with van der Waals surface area (Å²) in [5.74, 6) is -1.01. The van der Waals surface area contributed by atoms with Crippen LogP contribution in [-0.4, -0.2) is 40.9 Å². The summed E-state index contributed by atoms with van der Waals surface area (Å²) in [5.41, 5.74) is 2.21. The van der Waals surface area contributed by atoms with Gasteiger partial charge in [-0.05, 0) is 31.8 Å². The number of nitro groups is 1. The van der Waals surface area contributed by atoms with Crippen LogP contribution in [0, 0.1) is 10.1 Å². The molecule has 1 N–H and O–H groups in total. The van der Waals surface area contributed by atoms with E-state index in [-0.39, 0.29) is 11.8 Å². The van der Waals surface area contributed by atoms with Gasteiger partial charge < -0.3 is 19.2 Å². The van der Waals surface area contributed by atoms with Crippen molar-refractivity contribution in [1.29, 1.82) is 0 Å². The molecule has 1 unspecified atom stereocenters. The van der Waals surface area contributed by atoms with Crippen LogP contribution in [0.25, 0.3) is 10.9 Å². The second kappa shape index (κ2) is 7.01. The van der Waals surface area contributed by atoms with Crippen LogP contribution in [0.1, 0.15) is 22.2 Å². The Balaban J connectivity index is 1.80. The number of carbonyl (C=O) groups excluding carboxylic acids is 1. The molecule has 0 radical (unpaired) electrons. The Morgan fingerprint density at radius 2 is 2.04 bits per heavy atom. The van der Waals surface area contributed by atoms with E-state index in [0.717, 1.165) is 16.5 Å². The SMILES string of the molecule is CN(C)C(CNC(=O)c1ccc([N+](=O)[O-])o1)c1cn(C)c2ccccc12. The summed E-state index contributed by atoms with van der Waals surface area (Å²) in [6.45, 7) is 0.342. The minimum absolute atomic E-state index is 0.0602. The number of fused-ring (bicyclic) bond motifs is 1. The molecule has 3 rings (SSSR count). The number of carbonyl (C=O) groups is 1. The first-order chi connectivity index (χ1) is 12.4. The van der Waals surface area contributed by atoms with Crippen molar-refractivity contribution in [3.05, 3.63) is 64.0 Å². The third-order valence-electron chi connectivity index (χ3n) is 4.36. The van der Waals surface area contributed by atoms with Gasteiger partial charge in [0.1, 0.15) is 4.92 Å². The van der Waals surface area contributed by atoms with Crippen LogP contribution >= 0.6 is 0 Å². The zero-order valence-electron chi connectivity index (χ0n) is 14.8. The molecule has 0 saturated carbocycles. The molecule has 1 atom stereocenters. The molecular weight excluding hydrogens is 336 g/mol. The second-order valence-electron chi connectivity index (χ2n) is 6.30. The molecule has 0 fully saturated rings. The van der Waals surface area contributed by atoms with Crippen molar-refractivity contribution in [2.24, 2.45) is 7.05 Å². The van der Waals surface area contributed by atoms with Crippen LogP contribution in [0.2, 0.25) is 0 Å². The molecule has 26 heavy (non-hydrogen) atoms. The van der Waals surface area contributed by atoms with Gasteiger partial charge in [-0.15, -0.1) is 0 Å². The van der Waals surface area contributed by atoms with E-state index in [1.165, 1.54) is 12.1 Å². The topological polar surface area (TPSA) is 93.6 Å². The predicted octanol–water partition coefficient (Wildman–Crippen LogP) is 2.71. The quantitative estimate of drug-likeness (QED) is 0.541. The minimum Gasteiger partial charge on any atom is -0.395 e. The van der Waals surface area contributed by atoms with Crippen molar-refractivity contribution in [1.82, 2.24) is 14.8 Å². The zero-order chi connectivity index (χ0) is 18.8. The van der Waals surface area contributed by atoms with Gasteiger partial charge in [0.25, 0.3) is 5.91 Å². The Kier molecular flexibility index (Phi) is 4.77. The van der Waals surface area contributed by atoms with Crippen LogP contribution in [-0.2, 0) is 7.05 Å². The van der Waals surface area contributed by atoms with Gasteiger partial charge >= 0.3 is 5.88 Å². The van der Waals surface area contributed by atoms with Gasteiger partial charge in [0.15, 0.2) is 5.76 Å². The van der Waals surface area contributed by atoms with Crippen LogP contribution in [0.15, 0.2) is 47.0 Å². The van der Waals surface area contributed by atoms with Gasteiger partial charge in [-0.3, -0.25) is 14.9 Å². The molecule has 0 bridgehead atoms. The molecule has 0 aliphatic heterocycles. The molecule has 2 aromatic heterocycles. The van der Waals surface area contributed by atoms with E-state index in [1.54, 1.807) is 0 Å². The van der Waals surface area contributed by atoms with Gasteiger partial charge in [-0.1, -0.05) is 18.2 Å². The lowest BCUT2D eigenvalue weighted by atomic mass is 10.0. The fraction of sp³-hybridized carbons (Fsp3) is 0.278. The van der Waals surface area contributed by atoms with E-state index in [0.29, 0.717) is 6.54 Å². The van der Waals surface area contributed by atoms with E-state index in [4.69, 9.17) is 4.42 Å². The molecule has 8 nitrogen and oxygen atoms in total. The number of hydrogen-bond acceptors (Lipinski definition) is 5. The van der Waals surface area contributed by atoms with Crippen LogP contribution in [0.3, 0.4) is 0 Å². The molecular formula is C18H20N4O4. The first-order valence-corrected chi connectivity index (χ1v) is 8.11. The number of likely N-dealkylation sites (N-methyl/N-ethyl adjacent to an activating group) is 1. The lowest BCUT2D eigenvalue weighted by molar-refractivity contribution is -0.402. The number of nitrogens with zero attached hydrogens (tertiary/aromatic N) is 3. The summed E-state index contributed by atoms with van der Waals surface area (Å²) >= 11 is 0. The highest BCUT2D eigenvalue weighted by Gasteiger charge is 2.22. The summed E-state index contributed by atoms with van der Waals surface area (Å²) in [7, 11) is 5.87. The third kappa shape index (κ3) is 3.31. The summed E-state index contributed by atoms with van der Waals surface area (Å²) in [6.07, 6.45) is 2.05. The highest BCUT2D eigenvalue weighted by Crippen LogP contribution is 2.28. The highest BCUT2D eigenvalue weighted by molar-refractivity contribution is 5.91. The number of rotatable bonds is 6. The maximum Gasteiger partial charge on any atom is 0.433 e. The number of benzene rings is 1. The van der Waals surface area contributed by atoms with E-state index < -0.39 is 16.7 Å². The first-order valence-electron chi connectivity index (χ1n) is 8.11. The summed E-state index contributed by atoms with van der Waals surface area (Å²) < 4.78 is 7.01. The van der Waals surface area contributed by atoms with Crippen molar-refractivity contribution in [3.63, 3.8) is 0 Å². The fourth-order valence-electron chi connectivity index (χ4n) is 3.03. The second-order valence-corrected chi connectivity index (χ2v) is 6.30. The third-order valence-corrected chi connectivity index (χ3v) is 4.36. The number of furan rings is 1. The Morgan fingerprint density at radius 3 is 2.69 bits per heavy atom. The highest BCUT2D eigenvalue weighted by atomic mass is 16.6. The molecule has 0 saturated heterocycles. The fourth-order valence-corrected chi connectivity index (χ4v) is 3.03. The van der Waals surface area contributed by atoms with Crippen LogP contribution < -0.4 is 5.32 Å². The van der Waals surface area contributed by atoms with E-state index >= 15 is 0 Å². The Hall–Kier alpha value is -3.13. The molecule has 0 aliphatic carbocycles. The maximum absolute atomic E-state index is 12.3. The van der Waals surface area contributed by atoms with Gasteiger partial charge in [0.05, 0.1) is 12.1 Å². The van der Waals surface area contributed by atoms with E-state index in [9.17, 15) is 14.9 Å². The van der Waals surface area contributed by atoms with Crippen LogP contribution in [0.5, 0.6) is 0 Å². The average molecular weight is 356 g/mol. The molecule has 8 heteroatoms. The molecule has 2 heterocycles. The lowest BCUT2D eigenvalue weighted by Gasteiger charge is -2.24. The van der Waals surface area contributed by atoms with Gasteiger partial charge in [-0.25, -0.2) is 0 Å². The van der Waals surface area contributed by atoms with Gasteiger partial charge in [0.2, 0.25) is 0 Å². The number of aromatic nitrogens is 1. The van der Waals surface area contributed by atoms with Crippen molar-refractivity contribution < 1.29 is 14.1 Å². The zero-order valence-corrected chi connectivity index (χ0v) is 14.8. The van der Waals surface area contributed by atoms with Crippen molar-refractivity contribution >= 4 is 22.7 Å². The molecule has 1 amide bonds. The monoisotopic (exact) mass is 356 g/mol. The van der Waals surface area contributed by atoms with Crippen molar-refractivity contribution in [2.45, 2.75) is 6.04 Å². The smallest absolute Gasteiger partial charge is 0.395 e. The first kappa shape index (κ1) is 17.7. The van der Waals surface area contributed by atoms with E-state index in [1.807, 2.05) is 44.2 Å². The number of para-hydroxylation sites is 1. The number of aryl methyl sites for hydroxylation is 1. The number of amides is 1. The minimum atomic E-state index is -0.671. The normalized spacial score (nSPS) is 12.5. The molecule has 1 aromatic carbocycles. The van der Waals surface area contributed by atoms with Gasteiger partial charge in [-0.2, -0.15) is 0 Å². The molecule has 0 spiro atoms. The summed E-state index contributed by atoms with van der Waals surface area (Å²) in [5, 5.41) is 14.6. The predicted molar refractivity (Wildman–Crippen MR) is 97.0 cm³/mol. The standard InChI is InChI=1S/C18H20N4O4/c1-20(2)15(13-11-21(3)14-7-5-4-6-12(13)14)10-19-18(23)16-8-9-17(26-16)22(24)25/h4-9,11,15H,10H2,1-3H3,(H,19,23). The summed E-state index contributed by atoms with van der Waals surface area (Å²) in [6, 6.07) is 10.5. The largest absolute Gasteiger partial charge is 0.433 e. The molecule has 136 valence electrons. The van der Waals surface area contributed by atoms with E-state index in [2.05, 4.69) is 22.1 Å². The molecule has 0 aliphatic rings. The van der Waals surface area contributed by atoms with Gasteiger partial charge in [0, 0.05) is 30.7 Å². The molecule has 3 aromatic rings. The maximum atomic E-state index is 12.3. The van der Waals surface area contributed by atoms with Crippen molar-refractivity contribution in [2.75, 3.05) is 20.6 Å². The number of nitrogens with one attached hydrogen (secondary N) is 1. The van der Waals surface area contributed by atoms with Crippen LogP contribution in [0.4, 0.5) is 5.88 Å². The Bertz CT molecular complexity index is 957. The lowest BCUT2D eigenvalue weighted by Crippen LogP contribution is -2.34. The Morgan fingerprint density at radius 1 is 1.31 bits per heavy atom. The summed E-state index contributed by atoms with van der Waals surface area (Å²) in [4.78, 5) is 24.3. The number of hydrogen-bond donors (Lipinski definition) is 1.